The number of rotatable bonds is 2. The number of hydrogen-bond acceptors (Lipinski definition) is 1. The van der Waals surface area contributed by atoms with Crippen LogP contribution < -0.4 is 5.32 Å². The Kier molecular flexibility index (Phi) is 5.27. The summed E-state index contributed by atoms with van der Waals surface area (Å²) in [5, 5.41) is 2.58. The van der Waals surface area contributed by atoms with Gasteiger partial charge >= 0.3 is 0 Å². The molecule has 0 aliphatic heterocycles. The molecule has 0 atom stereocenters. The maximum absolute atomic E-state index is 11.3. The molecule has 0 spiro atoms. The molecule has 0 bridgehead atoms. The zero-order chi connectivity index (χ0) is 9.90. The molecule has 1 rings (SSSR count). The lowest BCUT2D eigenvalue weighted by molar-refractivity contribution is -0.116. The molecule has 0 heterocycles. The molecule has 0 radical (unpaired) electrons. The van der Waals surface area contributed by atoms with Crippen molar-refractivity contribution in [3.63, 3.8) is 0 Å². The van der Waals surface area contributed by atoms with E-state index in [1.807, 2.05) is 18.2 Å². The van der Waals surface area contributed by atoms with Gasteiger partial charge in [-0.25, -0.2) is 0 Å². The molecular formula is C9H10Cl3NO. The molecule has 1 amide bonds. The largest absolute Gasteiger partial charge is 0.323 e. The fourth-order valence-corrected chi connectivity index (χ4v) is 0.857. The predicted molar refractivity (Wildman–Crippen MR) is 62.4 cm³/mol. The van der Waals surface area contributed by atoms with E-state index in [9.17, 15) is 4.79 Å². The van der Waals surface area contributed by atoms with E-state index in [0.29, 0.717) is 5.69 Å². The molecule has 5 heteroatoms. The summed E-state index contributed by atoms with van der Waals surface area (Å²) in [7, 11) is 0. The third-order valence-electron chi connectivity index (χ3n) is 1.43. The number of amides is 1. The van der Waals surface area contributed by atoms with Gasteiger partial charge in [-0.05, 0) is 19.1 Å². The average Bonchev–Trinajstić information content (AvgIpc) is 2.04. The van der Waals surface area contributed by atoms with Gasteiger partial charge in [0.2, 0.25) is 0 Å². The van der Waals surface area contributed by atoms with Gasteiger partial charge in [-0.1, -0.05) is 41.4 Å². The van der Waals surface area contributed by atoms with Crippen molar-refractivity contribution in [3.8, 4) is 0 Å². The summed E-state index contributed by atoms with van der Waals surface area (Å²) in [6.07, 6.45) is 0. The highest BCUT2D eigenvalue weighted by molar-refractivity contribution is 6.58. The van der Waals surface area contributed by atoms with Gasteiger partial charge in [0, 0.05) is 5.69 Å². The second kappa shape index (κ2) is 5.44. The minimum Gasteiger partial charge on any atom is -0.323 e. The highest BCUT2D eigenvalue weighted by Gasteiger charge is 2.26. The standard InChI is InChI=1S/C9H9Cl2NO.ClH/c1-9(10,11)8(13)12-7-5-3-2-4-6-7;/h2-6H,1H3,(H,12,13);1H. The van der Waals surface area contributed by atoms with E-state index in [4.69, 9.17) is 23.2 Å². The molecule has 2 nitrogen and oxygen atoms in total. The molecule has 0 fully saturated rings. The van der Waals surface area contributed by atoms with Crippen LogP contribution in [0.1, 0.15) is 6.92 Å². The smallest absolute Gasteiger partial charge is 0.260 e. The third-order valence-corrected chi connectivity index (χ3v) is 1.77. The first-order valence-corrected chi connectivity index (χ1v) is 4.50. The van der Waals surface area contributed by atoms with E-state index in [2.05, 4.69) is 5.32 Å². The Balaban J connectivity index is 0.00000169. The molecule has 0 aliphatic rings. The fraction of sp³-hybridized carbons (Fsp3) is 0.222. The molecule has 0 aliphatic carbocycles. The quantitative estimate of drug-likeness (QED) is 0.807. The van der Waals surface area contributed by atoms with E-state index in [1.54, 1.807) is 12.1 Å². The first-order valence-electron chi connectivity index (χ1n) is 3.74. The zero-order valence-corrected chi connectivity index (χ0v) is 9.79. The first kappa shape index (κ1) is 13.6. The van der Waals surface area contributed by atoms with Gasteiger partial charge in [0.05, 0.1) is 0 Å². The summed E-state index contributed by atoms with van der Waals surface area (Å²) in [6.45, 7) is 1.42. The van der Waals surface area contributed by atoms with Crippen LogP contribution in [0.3, 0.4) is 0 Å². The molecule has 0 unspecified atom stereocenters. The number of nitrogens with one attached hydrogen (secondary N) is 1. The summed E-state index contributed by atoms with van der Waals surface area (Å²) < 4.78 is -1.39. The van der Waals surface area contributed by atoms with Crippen LogP contribution in [0.5, 0.6) is 0 Å². The highest BCUT2D eigenvalue weighted by atomic mass is 35.5. The van der Waals surface area contributed by atoms with Crippen molar-refractivity contribution in [3.05, 3.63) is 30.3 Å². The number of benzene rings is 1. The zero-order valence-electron chi connectivity index (χ0n) is 7.46. The SMILES string of the molecule is CC(Cl)(Cl)C(=O)Nc1ccccc1.Cl. The second-order valence-electron chi connectivity index (χ2n) is 2.71. The Morgan fingerprint density at radius 2 is 1.79 bits per heavy atom. The number of carbonyl (C=O) groups excluding carboxylic acids is 1. The van der Waals surface area contributed by atoms with Gasteiger partial charge in [-0.2, -0.15) is 0 Å². The maximum atomic E-state index is 11.3. The average molecular weight is 255 g/mol. The van der Waals surface area contributed by atoms with Crippen LogP contribution in [0.25, 0.3) is 0 Å². The summed E-state index contributed by atoms with van der Waals surface area (Å²) in [6, 6.07) is 9.01. The van der Waals surface area contributed by atoms with E-state index < -0.39 is 10.2 Å². The Morgan fingerprint density at radius 3 is 2.21 bits per heavy atom. The normalized spacial score (nSPS) is 10.2. The van der Waals surface area contributed by atoms with Gasteiger partial charge < -0.3 is 5.32 Å². The Morgan fingerprint density at radius 1 is 1.29 bits per heavy atom. The molecule has 0 saturated carbocycles. The van der Waals surface area contributed by atoms with Gasteiger partial charge in [0.1, 0.15) is 0 Å². The van der Waals surface area contributed by atoms with Crippen molar-refractivity contribution in [2.45, 2.75) is 11.3 Å². The number of para-hydroxylation sites is 1. The Bertz CT molecular complexity index is 295. The first-order chi connectivity index (χ1) is 6.00. The van der Waals surface area contributed by atoms with Crippen LogP contribution >= 0.6 is 35.6 Å². The minimum absolute atomic E-state index is 0. The minimum atomic E-state index is -1.39. The molecule has 0 aromatic heterocycles. The van der Waals surface area contributed by atoms with Crippen LogP contribution in [0.2, 0.25) is 0 Å². The number of halogens is 3. The Labute approximate surface area is 99.0 Å². The van der Waals surface area contributed by atoms with Crippen molar-refractivity contribution in [1.82, 2.24) is 0 Å². The molecule has 1 aromatic rings. The van der Waals surface area contributed by atoms with Gasteiger partial charge in [-0.3, -0.25) is 4.79 Å². The highest BCUT2D eigenvalue weighted by Crippen LogP contribution is 2.21. The molecule has 1 N–H and O–H groups in total. The van der Waals surface area contributed by atoms with Crippen LogP contribution in [-0.4, -0.2) is 10.2 Å². The van der Waals surface area contributed by atoms with Crippen molar-refractivity contribution in [1.29, 1.82) is 0 Å². The van der Waals surface area contributed by atoms with Crippen molar-refractivity contribution in [2.24, 2.45) is 0 Å². The fourth-order valence-electron chi connectivity index (χ4n) is 0.762. The number of hydrogen-bond donors (Lipinski definition) is 1. The lowest BCUT2D eigenvalue weighted by Gasteiger charge is -2.12. The van der Waals surface area contributed by atoms with E-state index in [0.717, 1.165) is 0 Å². The lowest BCUT2D eigenvalue weighted by Crippen LogP contribution is -2.29. The van der Waals surface area contributed by atoms with E-state index in [-0.39, 0.29) is 12.4 Å². The summed E-state index contributed by atoms with van der Waals surface area (Å²) >= 11 is 11.2. The molecule has 0 saturated heterocycles. The Hall–Kier alpha value is -0.440. The molecular weight excluding hydrogens is 244 g/mol. The third kappa shape index (κ3) is 4.18. The van der Waals surface area contributed by atoms with Crippen LogP contribution in [0.4, 0.5) is 5.69 Å². The van der Waals surface area contributed by atoms with Crippen LogP contribution in [0, 0.1) is 0 Å². The van der Waals surface area contributed by atoms with Gasteiger partial charge in [0.25, 0.3) is 5.91 Å². The topological polar surface area (TPSA) is 29.1 Å². The molecule has 14 heavy (non-hydrogen) atoms. The summed E-state index contributed by atoms with van der Waals surface area (Å²) in [5.41, 5.74) is 0.681. The number of alkyl halides is 2. The number of anilines is 1. The van der Waals surface area contributed by atoms with E-state index in [1.165, 1.54) is 6.92 Å². The van der Waals surface area contributed by atoms with Crippen molar-refractivity contribution < 1.29 is 4.79 Å². The van der Waals surface area contributed by atoms with Crippen molar-refractivity contribution >= 4 is 47.2 Å². The number of carbonyl (C=O) groups is 1. The molecule has 1 aromatic carbocycles. The predicted octanol–water partition coefficient (Wildman–Crippen LogP) is 3.24. The molecule has 78 valence electrons. The monoisotopic (exact) mass is 253 g/mol. The summed E-state index contributed by atoms with van der Waals surface area (Å²) in [4.78, 5) is 11.3. The maximum Gasteiger partial charge on any atom is 0.260 e. The van der Waals surface area contributed by atoms with Crippen molar-refractivity contribution in [2.75, 3.05) is 5.32 Å². The van der Waals surface area contributed by atoms with Crippen LogP contribution in [-0.2, 0) is 4.79 Å². The second-order valence-corrected chi connectivity index (χ2v) is 4.41. The van der Waals surface area contributed by atoms with Gasteiger partial charge in [0.15, 0.2) is 4.33 Å². The lowest BCUT2D eigenvalue weighted by atomic mass is 10.3. The van der Waals surface area contributed by atoms with Gasteiger partial charge in [-0.15, -0.1) is 12.4 Å². The summed E-state index contributed by atoms with van der Waals surface area (Å²) in [5.74, 6) is -0.429. The van der Waals surface area contributed by atoms with Crippen LogP contribution in [0.15, 0.2) is 30.3 Å². The van der Waals surface area contributed by atoms with E-state index >= 15 is 0 Å².